The van der Waals surface area contributed by atoms with Crippen LogP contribution in [-0.4, -0.2) is 69.0 Å². The van der Waals surface area contributed by atoms with E-state index in [-0.39, 0.29) is 17.4 Å². The highest BCUT2D eigenvalue weighted by Gasteiger charge is 2.22. The van der Waals surface area contributed by atoms with Crippen LogP contribution in [0.3, 0.4) is 0 Å². The van der Waals surface area contributed by atoms with Crippen molar-refractivity contribution in [2.24, 2.45) is 0 Å². The predicted octanol–water partition coefficient (Wildman–Crippen LogP) is 1.31. The lowest BCUT2D eigenvalue weighted by atomic mass is 10.1. The van der Waals surface area contributed by atoms with Crippen molar-refractivity contribution in [2.45, 2.75) is 38.1 Å². The Bertz CT molecular complexity index is 703. The van der Waals surface area contributed by atoms with Gasteiger partial charge in [0.1, 0.15) is 5.75 Å². The van der Waals surface area contributed by atoms with Crippen LogP contribution in [0.5, 0.6) is 5.75 Å². The first-order chi connectivity index (χ1) is 12.1. The molecule has 2 rings (SSSR count). The molecule has 1 amide bonds. The molecule has 1 aliphatic heterocycles. The van der Waals surface area contributed by atoms with Gasteiger partial charge in [-0.05, 0) is 51.6 Å². The fraction of sp³-hybridized carbons (Fsp3) is 0.611. The second kappa shape index (κ2) is 8.37. The zero-order chi connectivity index (χ0) is 19.4. The lowest BCUT2D eigenvalue weighted by Gasteiger charge is -2.33. The lowest BCUT2D eigenvalue weighted by Crippen LogP contribution is -2.49. The van der Waals surface area contributed by atoms with Crippen LogP contribution in [0.25, 0.3) is 0 Å². The first-order valence-electron chi connectivity index (χ1n) is 8.88. The number of nitrogens with one attached hydrogen (secondary N) is 1. The summed E-state index contributed by atoms with van der Waals surface area (Å²) in [5, 5.41) is 0. The topological polar surface area (TPSA) is 79.0 Å². The van der Waals surface area contributed by atoms with Crippen molar-refractivity contribution in [3.8, 4) is 5.75 Å². The number of amides is 1. The van der Waals surface area contributed by atoms with Crippen LogP contribution in [-0.2, 0) is 14.8 Å². The van der Waals surface area contributed by atoms with Crippen molar-refractivity contribution < 1.29 is 17.9 Å². The molecule has 0 unspecified atom stereocenters. The summed E-state index contributed by atoms with van der Waals surface area (Å²) in [5.74, 6) is 0.423. The molecule has 0 aliphatic carbocycles. The van der Waals surface area contributed by atoms with Gasteiger partial charge < -0.3 is 14.5 Å². The normalized spacial score (nSPS) is 16.5. The quantitative estimate of drug-likeness (QED) is 0.801. The summed E-state index contributed by atoms with van der Waals surface area (Å²) in [6.07, 6.45) is 0. The summed E-state index contributed by atoms with van der Waals surface area (Å²) in [4.78, 5) is 16.5. The highest BCUT2D eigenvalue weighted by atomic mass is 32.2. The monoisotopic (exact) mass is 383 g/mol. The Morgan fingerprint density at radius 1 is 1.12 bits per heavy atom. The second-order valence-corrected chi connectivity index (χ2v) is 9.11. The van der Waals surface area contributed by atoms with Crippen LogP contribution in [0, 0.1) is 0 Å². The van der Waals surface area contributed by atoms with Gasteiger partial charge >= 0.3 is 0 Å². The molecule has 1 aromatic rings. The molecule has 1 fully saturated rings. The molecular weight excluding hydrogens is 354 g/mol. The van der Waals surface area contributed by atoms with Crippen molar-refractivity contribution in [1.82, 2.24) is 14.5 Å². The Balaban J connectivity index is 1.88. The number of carbonyl (C=O) groups excluding carboxylic acids is 1. The Labute approximate surface area is 156 Å². The second-order valence-electron chi connectivity index (χ2n) is 7.43. The largest absolute Gasteiger partial charge is 0.484 e. The molecule has 0 bridgehead atoms. The van der Waals surface area contributed by atoms with E-state index in [1.807, 2.05) is 0 Å². The highest BCUT2D eigenvalue weighted by Crippen LogP contribution is 2.18. The van der Waals surface area contributed by atoms with Crippen LogP contribution in [0.4, 0.5) is 0 Å². The molecule has 26 heavy (non-hydrogen) atoms. The Morgan fingerprint density at radius 2 is 1.69 bits per heavy atom. The molecule has 7 nitrogen and oxygen atoms in total. The molecule has 1 N–H and O–H groups in total. The van der Waals surface area contributed by atoms with Crippen LogP contribution in [0.2, 0.25) is 0 Å². The highest BCUT2D eigenvalue weighted by molar-refractivity contribution is 7.89. The van der Waals surface area contributed by atoms with E-state index in [4.69, 9.17) is 4.74 Å². The van der Waals surface area contributed by atoms with E-state index in [9.17, 15) is 13.2 Å². The summed E-state index contributed by atoms with van der Waals surface area (Å²) in [6, 6.07) is 6.10. The van der Waals surface area contributed by atoms with Gasteiger partial charge in [-0.1, -0.05) is 6.92 Å². The molecule has 1 aliphatic rings. The number of rotatable bonds is 6. The average Bonchev–Trinajstić information content (AvgIpc) is 2.58. The smallest absolute Gasteiger partial charge is 0.260 e. The standard InChI is InChI=1S/C18H29N3O4S/c1-5-20-10-12-21(13-11-20)17(22)14-25-15-6-8-16(9-7-15)26(23,24)19-18(2,3)4/h6-9,19H,5,10-14H2,1-4H3. The van der Waals surface area contributed by atoms with Gasteiger partial charge in [0, 0.05) is 31.7 Å². The third kappa shape index (κ3) is 5.96. The zero-order valence-corrected chi connectivity index (χ0v) is 16.8. The minimum absolute atomic E-state index is 0.0432. The Hall–Kier alpha value is -1.64. The number of hydrogen-bond acceptors (Lipinski definition) is 5. The van der Waals surface area contributed by atoms with E-state index in [0.29, 0.717) is 18.8 Å². The number of piperazine rings is 1. The lowest BCUT2D eigenvalue weighted by molar-refractivity contribution is -0.135. The molecule has 1 saturated heterocycles. The van der Waals surface area contributed by atoms with Crippen molar-refractivity contribution in [1.29, 1.82) is 0 Å². The number of nitrogens with zero attached hydrogens (tertiary/aromatic N) is 2. The van der Waals surface area contributed by atoms with Crippen molar-refractivity contribution in [2.75, 3.05) is 39.3 Å². The predicted molar refractivity (Wildman–Crippen MR) is 101 cm³/mol. The van der Waals surface area contributed by atoms with E-state index >= 15 is 0 Å². The van der Waals surface area contributed by atoms with Gasteiger partial charge in [0.15, 0.2) is 6.61 Å². The SMILES string of the molecule is CCN1CCN(C(=O)COc2ccc(S(=O)(=O)NC(C)(C)C)cc2)CC1. The summed E-state index contributed by atoms with van der Waals surface area (Å²) in [6.45, 7) is 11.6. The van der Waals surface area contributed by atoms with E-state index in [2.05, 4.69) is 16.5 Å². The van der Waals surface area contributed by atoms with Gasteiger partial charge in [-0.2, -0.15) is 0 Å². The van der Waals surface area contributed by atoms with E-state index in [1.165, 1.54) is 12.1 Å². The number of hydrogen-bond donors (Lipinski definition) is 1. The maximum atomic E-state index is 12.3. The first kappa shape index (κ1) is 20.7. The van der Waals surface area contributed by atoms with Crippen molar-refractivity contribution >= 4 is 15.9 Å². The van der Waals surface area contributed by atoms with Gasteiger partial charge in [0.05, 0.1) is 4.90 Å². The number of likely N-dealkylation sites (N-methyl/N-ethyl adjacent to an activating group) is 1. The number of sulfonamides is 1. The van der Waals surface area contributed by atoms with E-state index in [1.54, 1.807) is 37.8 Å². The van der Waals surface area contributed by atoms with Gasteiger partial charge in [-0.15, -0.1) is 0 Å². The van der Waals surface area contributed by atoms with Gasteiger partial charge in [0.25, 0.3) is 5.91 Å². The van der Waals surface area contributed by atoms with Crippen LogP contribution in [0.1, 0.15) is 27.7 Å². The van der Waals surface area contributed by atoms with Gasteiger partial charge in [-0.3, -0.25) is 4.79 Å². The number of ether oxygens (including phenoxy) is 1. The molecule has 0 radical (unpaired) electrons. The first-order valence-corrected chi connectivity index (χ1v) is 10.4. The molecule has 1 heterocycles. The van der Waals surface area contributed by atoms with Crippen LogP contribution >= 0.6 is 0 Å². The maximum Gasteiger partial charge on any atom is 0.260 e. The molecule has 0 aromatic heterocycles. The number of benzene rings is 1. The molecular formula is C18H29N3O4S. The minimum atomic E-state index is -3.58. The minimum Gasteiger partial charge on any atom is -0.484 e. The fourth-order valence-corrected chi connectivity index (χ4v) is 4.15. The van der Waals surface area contributed by atoms with Crippen LogP contribution < -0.4 is 9.46 Å². The molecule has 146 valence electrons. The third-order valence-electron chi connectivity index (χ3n) is 4.11. The summed E-state index contributed by atoms with van der Waals surface area (Å²) in [5.41, 5.74) is -0.553. The van der Waals surface area contributed by atoms with Gasteiger partial charge in [-0.25, -0.2) is 13.1 Å². The van der Waals surface area contributed by atoms with Crippen molar-refractivity contribution in [3.63, 3.8) is 0 Å². The Morgan fingerprint density at radius 3 is 2.19 bits per heavy atom. The fourth-order valence-electron chi connectivity index (χ4n) is 2.73. The van der Waals surface area contributed by atoms with E-state index < -0.39 is 15.6 Å². The summed E-state index contributed by atoms with van der Waals surface area (Å²) < 4.78 is 32.7. The Kier molecular flexibility index (Phi) is 6.65. The molecule has 1 aromatic carbocycles. The van der Waals surface area contributed by atoms with Crippen molar-refractivity contribution in [3.05, 3.63) is 24.3 Å². The maximum absolute atomic E-state index is 12.3. The summed E-state index contributed by atoms with van der Waals surface area (Å²) >= 11 is 0. The van der Waals surface area contributed by atoms with Gasteiger partial charge in [0.2, 0.25) is 10.0 Å². The van der Waals surface area contributed by atoms with E-state index in [0.717, 1.165) is 19.6 Å². The average molecular weight is 384 g/mol. The number of carbonyl (C=O) groups is 1. The zero-order valence-electron chi connectivity index (χ0n) is 16.0. The summed E-state index contributed by atoms with van der Waals surface area (Å²) in [7, 11) is -3.58. The van der Waals surface area contributed by atoms with Crippen LogP contribution in [0.15, 0.2) is 29.2 Å². The molecule has 0 atom stereocenters. The molecule has 8 heteroatoms. The molecule has 0 spiro atoms. The molecule has 0 saturated carbocycles. The third-order valence-corrected chi connectivity index (χ3v) is 5.88.